The second-order valence-corrected chi connectivity index (χ2v) is 19.9. The van der Waals surface area contributed by atoms with Crippen LogP contribution in [0.1, 0.15) is 50.7 Å². The van der Waals surface area contributed by atoms with Crippen molar-refractivity contribution in [2.75, 3.05) is 9.80 Å². The molecule has 0 saturated heterocycles. The lowest BCUT2D eigenvalue weighted by atomic mass is 9.33. The Bertz CT molecular complexity index is 4000. The molecule has 4 heterocycles. The molecule has 326 valence electrons. The number of benzene rings is 11. The Balaban J connectivity index is 1.12. The molecule has 0 atom stereocenters. The molecule has 0 amide bonds. The molecule has 0 N–H and O–H groups in total. The molecule has 15 rings (SSSR count). The largest absolute Gasteiger partial charge is 0.440 e. The lowest BCUT2D eigenvalue weighted by molar-refractivity contribution is 0.621. The number of hydrogen-bond acceptors (Lipinski definition) is 4. The third-order valence-electron chi connectivity index (χ3n) is 15.6. The highest BCUT2D eigenvalue weighted by Gasteiger charge is 2.49. The van der Waals surface area contributed by atoms with Crippen molar-refractivity contribution in [3.05, 3.63) is 199 Å². The van der Waals surface area contributed by atoms with Crippen LogP contribution >= 0.6 is 0 Å². The van der Waals surface area contributed by atoms with Crippen molar-refractivity contribution in [2.24, 2.45) is 0 Å². The van der Waals surface area contributed by atoms with Crippen LogP contribution in [-0.4, -0.2) is 6.71 Å². The van der Waals surface area contributed by atoms with Crippen molar-refractivity contribution in [3.63, 3.8) is 0 Å². The number of hydrogen-bond donors (Lipinski definition) is 0. The van der Waals surface area contributed by atoms with Gasteiger partial charge in [0.05, 0.1) is 11.4 Å². The predicted octanol–water partition coefficient (Wildman–Crippen LogP) is 16.4. The maximum absolute atomic E-state index is 7.40. The van der Waals surface area contributed by atoms with Crippen LogP contribution in [0.25, 0.3) is 86.6 Å². The Kier molecular flexibility index (Phi) is 7.95. The molecular weight excluding hydrogens is 840 g/mol. The van der Waals surface area contributed by atoms with Gasteiger partial charge in [0.2, 0.25) is 11.8 Å². The molecule has 13 aromatic rings. The average Bonchev–Trinajstić information content (AvgIpc) is 3.97. The molecular formula is C64H45BN2O2. The molecule has 0 unspecified atom stereocenters. The van der Waals surface area contributed by atoms with Gasteiger partial charge in [-0.05, 0) is 131 Å². The van der Waals surface area contributed by atoms with Gasteiger partial charge in [-0.25, -0.2) is 0 Å². The summed E-state index contributed by atoms with van der Waals surface area (Å²) >= 11 is 0. The normalized spacial score (nSPS) is 13.4. The van der Waals surface area contributed by atoms with Crippen LogP contribution in [0.15, 0.2) is 197 Å². The lowest BCUT2D eigenvalue weighted by Gasteiger charge is -2.41. The Morgan fingerprint density at radius 1 is 0.319 bits per heavy atom. The number of nitrogens with zero attached hydrogens (tertiary/aromatic N) is 2. The summed E-state index contributed by atoms with van der Waals surface area (Å²) in [6, 6.07) is 69.7. The fraction of sp³-hybridized carbons (Fsp3) is 0.0938. The summed E-state index contributed by atoms with van der Waals surface area (Å²) in [4.78, 5) is 4.92. The zero-order valence-electron chi connectivity index (χ0n) is 38.8. The standard InChI is InChI=1S/C64H45BN2O2/c1-36(2)38-30-32-56-50(34-38)60-63(68-56)66(52-26-13-24-48-44-18-7-5-16-40(44)42-20-9-11-22-46(42)58(48)52)54-28-15-29-55-62(54)65(60)61-51-35-39(37(3)4)31-33-57(51)69-64(61)67(55)53-27-14-25-49-45-19-8-6-17-41(45)43-21-10-12-23-47(43)59(49)53/h5-37H,1-4H3. The minimum absolute atomic E-state index is 0.207. The average molecular weight is 885 g/mol. The molecule has 2 aromatic heterocycles. The van der Waals surface area contributed by atoms with Crippen LogP contribution in [0.2, 0.25) is 0 Å². The monoisotopic (exact) mass is 884 g/mol. The molecule has 2 aliphatic heterocycles. The van der Waals surface area contributed by atoms with Crippen molar-refractivity contribution in [2.45, 2.75) is 39.5 Å². The highest BCUT2D eigenvalue weighted by molar-refractivity contribution is 7.02. The summed E-state index contributed by atoms with van der Waals surface area (Å²) in [7, 11) is 0. The van der Waals surface area contributed by atoms with E-state index in [0.717, 1.165) is 56.5 Å². The van der Waals surface area contributed by atoms with Gasteiger partial charge in [0.1, 0.15) is 11.2 Å². The van der Waals surface area contributed by atoms with Crippen LogP contribution in [0.4, 0.5) is 34.5 Å². The highest BCUT2D eigenvalue weighted by Crippen LogP contribution is 2.52. The van der Waals surface area contributed by atoms with E-state index < -0.39 is 0 Å². The van der Waals surface area contributed by atoms with E-state index in [1.54, 1.807) is 0 Å². The molecule has 11 aromatic carbocycles. The summed E-state index contributed by atoms with van der Waals surface area (Å²) in [5, 5.41) is 17.0. The van der Waals surface area contributed by atoms with E-state index >= 15 is 0 Å². The maximum Gasteiger partial charge on any atom is 0.262 e. The number of anilines is 6. The molecule has 4 nitrogen and oxygen atoms in total. The molecule has 0 spiro atoms. The predicted molar refractivity (Wildman–Crippen MR) is 293 cm³/mol. The lowest BCUT2D eigenvalue weighted by Crippen LogP contribution is -2.60. The number of rotatable bonds is 4. The minimum atomic E-state index is -0.207. The summed E-state index contributed by atoms with van der Waals surface area (Å²) in [5.74, 6) is 2.36. The molecule has 0 radical (unpaired) electrons. The van der Waals surface area contributed by atoms with E-state index in [1.807, 2.05) is 0 Å². The molecule has 5 heteroatoms. The zero-order valence-corrected chi connectivity index (χ0v) is 38.8. The van der Waals surface area contributed by atoms with Crippen molar-refractivity contribution in [1.82, 2.24) is 0 Å². The zero-order chi connectivity index (χ0) is 45.8. The second kappa shape index (κ2) is 14.1. The van der Waals surface area contributed by atoms with Gasteiger partial charge in [0.15, 0.2) is 0 Å². The molecule has 0 fully saturated rings. The van der Waals surface area contributed by atoms with Gasteiger partial charge < -0.3 is 8.83 Å². The first kappa shape index (κ1) is 38.8. The number of fused-ring (bicyclic) bond motifs is 20. The first-order valence-corrected chi connectivity index (χ1v) is 24.4. The molecule has 0 aliphatic carbocycles. The van der Waals surface area contributed by atoms with Gasteiger partial charge >= 0.3 is 0 Å². The fourth-order valence-corrected chi connectivity index (χ4v) is 12.5. The minimum Gasteiger partial charge on any atom is -0.440 e. The first-order valence-electron chi connectivity index (χ1n) is 24.4. The molecule has 0 saturated carbocycles. The van der Waals surface area contributed by atoms with Gasteiger partial charge in [-0.15, -0.1) is 0 Å². The van der Waals surface area contributed by atoms with E-state index in [0.29, 0.717) is 11.8 Å². The van der Waals surface area contributed by atoms with Crippen molar-refractivity contribution >= 4 is 144 Å². The Labute approximate surface area is 399 Å². The Morgan fingerprint density at radius 3 is 1.01 bits per heavy atom. The highest BCUT2D eigenvalue weighted by atomic mass is 16.4. The maximum atomic E-state index is 7.40. The molecule has 69 heavy (non-hydrogen) atoms. The summed E-state index contributed by atoms with van der Waals surface area (Å²) in [6.45, 7) is 8.92. The van der Waals surface area contributed by atoms with Gasteiger partial charge in [-0.1, -0.05) is 167 Å². The van der Waals surface area contributed by atoms with Gasteiger partial charge in [-0.2, -0.15) is 0 Å². The van der Waals surface area contributed by atoms with Crippen molar-refractivity contribution in [1.29, 1.82) is 0 Å². The SMILES string of the molecule is CC(C)c1ccc2oc3c(c2c1)B1c2c(cccc2N(c2cccc4c5ccccc5c5ccccc5c24)c2oc4ccc(C(C)C)cc4c21)N3c1cccc2c3ccccc3c3ccccc3c12. The van der Waals surface area contributed by atoms with Crippen molar-refractivity contribution < 1.29 is 8.83 Å². The fourth-order valence-electron chi connectivity index (χ4n) is 12.5. The molecule has 0 bridgehead atoms. The Hall–Kier alpha value is -8.28. The van der Waals surface area contributed by atoms with Crippen LogP contribution in [0, 0.1) is 0 Å². The van der Waals surface area contributed by atoms with Crippen LogP contribution in [-0.2, 0) is 0 Å². The van der Waals surface area contributed by atoms with Gasteiger partial charge in [-0.3, -0.25) is 9.80 Å². The van der Waals surface area contributed by atoms with E-state index in [4.69, 9.17) is 8.83 Å². The molecule has 2 aliphatic rings. The summed E-state index contributed by atoms with van der Waals surface area (Å²) < 4.78 is 14.8. The van der Waals surface area contributed by atoms with Gasteiger partial charge in [0.25, 0.3) is 6.71 Å². The van der Waals surface area contributed by atoms with Crippen LogP contribution in [0.3, 0.4) is 0 Å². The quantitative estimate of drug-likeness (QED) is 0.130. The van der Waals surface area contributed by atoms with E-state index in [-0.39, 0.29) is 6.71 Å². The smallest absolute Gasteiger partial charge is 0.262 e. The van der Waals surface area contributed by atoms with E-state index in [1.165, 1.54) is 92.2 Å². The van der Waals surface area contributed by atoms with E-state index in [2.05, 4.69) is 226 Å². The van der Waals surface area contributed by atoms with Crippen LogP contribution in [0.5, 0.6) is 0 Å². The number of furan rings is 2. The van der Waals surface area contributed by atoms with E-state index in [9.17, 15) is 0 Å². The third kappa shape index (κ3) is 5.20. The summed E-state index contributed by atoms with van der Waals surface area (Å²) in [5.41, 5.74) is 12.3. The topological polar surface area (TPSA) is 32.8 Å². The Morgan fingerprint density at radius 2 is 0.638 bits per heavy atom. The van der Waals surface area contributed by atoms with Crippen molar-refractivity contribution in [3.8, 4) is 0 Å². The van der Waals surface area contributed by atoms with Crippen LogP contribution < -0.4 is 26.2 Å². The van der Waals surface area contributed by atoms with Gasteiger partial charge in [0, 0.05) is 43.8 Å². The summed E-state index contributed by atoms with van der Waals surface area (Å²) in [6.07, 6.45) is 0. The first-order chi connectivity index (χ1) is 33.9. The second-order valence-electron chi connectivity index (χ2n) is 19.9. The third-order valence-corrected chi connectivity index (χ3v) is 15.6.